The maximum Gasteiger partial charge on any atom is 0.185 e. The second kappa shape index (κ2) is 9.81. The van der Waals surface area contributed by atoms with Crippen molar-refractivity contribution in [1.82, 2.24) is 4.98 Å². The van der Waals surface area contributed by atoms with Gasteiger partial charge in [0.2, 0.25) is 0 Å². The van der Waals surface area contributed by atoms with Crippen LogP contribution in [-0.4, -0.2) is 25.0 Å². The highest BCUT2D eigenvalue weighted by Gasteiger charge is 2.09. The molecule has 0 fully saturated rings. The second-order valence-electron chi connectivity index (χ2n) is 6.73. The highest BCUT2D eigenvalue weighted by molar-refractivity contribution is 8.00. The van der Waals surface area contributed by atoms with Crippen LogP contribution in [0.25, 0.3) is 16.3 Å². The van der Waals surface area contributed by atoms with E-state index in [1.54, 1.807) is 67.7 Å². The second-order valence-corrected chi connectivity index (χ2v) is 8.99. The zero-order valence-corrected chi connectivity index (χ0v) is 18.8. The quantitative estimate of drug-likeness (QED) is 0.175. The molecule has 0 aliphatic heterocycles. The first-order chi connectivity index (χ1) is 15.2. The molecule has 156 valence electrons. The molecule has 0 atom stereocenters. The number of allylic oxidation sites excluding steroid dienone is 1. The largest absolute Gasteiger partial charge is 0.497 e. The van der Waals surface area contributed by atoms with Gasteiger partial charge in [-0.15, -0.1) is 11.3 Å². The summed E-state index contributed by atoms with van der Waals surface area (Å²) in [6.07, 6.45) is 3.42. The zero-order valence-electron chi connectivity index (χ0n) is 17.2. The molecule has 4 nitrogen and oxygen atoms in total. The molecule has 4 rings (SSSR count). The lowest BCUT2D eigenvalue weighted by Crippen LogP contribution is -1.95. The zero-order chi connectivity index (χ0) is 21.6. The Labute approximate surface area is 189 Å². The molecular formula is C25H21NO3S2. The van der Waals surface area contributed by atoms with Crippen LogP contribution in [0.15, 0.2) is 77.1 Å². The molecule has 0 N–H and O–H groups in total. The lowest BCUT2D eigenvalue weighted by atomic mass is 10.1. The molecule has 0 bridgehead atoms. The SMILES string of the molecule is COc1ccc(C(=O)C=Cc2ccc(OC)c(CSc3nc4ccccc4s3)c2)cc1. The number of hydrogen-bond acceptors (Lipinski definition) is 6. The van der Waals surface area contributed by atoms with E-state index in [0.29, 0.717) is 5.56 Å². The minimum atomic E-state index is -0.0520. The maximum atomic E-state index is 12.5. The Kier molecular flexibility index (Phi) is 6.70. The van der Waals surface area contributed by atoms with Crippen LogP contribution in [0.4, 0.5) is 0 Å². The van der Waals surface area contributed by atoms with Gasteiger partial charge >= 0.3 is 0 Å². The molecule has 0 saturated carbocycles. The molecular weight excluding hydrogens is 426 g/mol. The third kappa shape index (κ3) is 5.16. The fourth-order valence-corrected chi connectivity index (χ4v) is 5.14. The number of para-hydroxylation sites is 1. The van der Waals surface area contributed by atoms with Gasteiger partial charge in [-0.3, -0.25) is 4.79 Å². The van der Waals surface area contributed by atoms with E-state index >= 15 is 0 Å². The minimum absolute atomic E-state index is 0.0520. The van der Waals surface area contributed by atoms with Crippen molar-refractivity contribution in [3.8, 4) is 11.5 Å². The molecule has 0 radical (unpaired) electrons. The van der Waals surface area contributed by atoms with Gasteiger partial charge in [-0.25, -0.2) is 4.98 Å². The van der Waals surface area contributed by atoms with Crippen LogP contribution in [0.5, 0.6) is 11.5 Å². The maximum absolute atomic E-state index is 12.5. The van der Waals surface area contributed by atoms with E-state index in [1.807, 2.05) is 36.4 Å². The molecule has 0 amide bonds. The van der Waals surface area contributed by atoms with E-state index in [1.165, 1.54) is 4.70 Å². The van der Waals surface area contributed by atoms with Gasteiger partial charge < -0.3 is 9.47 Å². The Hall–Kier alpha value is -3.09. The van der Waals surface area contributed by atoms with Gasteiger partial charge in [0.15, 0.2) is 10.1 Å². The number of thioether (sulfide) groups is 1. The van der Waals surface area contributed by atoms with Crippen molar-refractivity contribution in [3.63, 3.8) is 0 Å². The van der Waals surface area contributed by atoms with Gasteiger partial charge in [0.05, 0.1) is 24.4 Å². The van der Waals surface area contributed by atoms with Crippen LogP contribution in [0.2, 0.25) is 0 Å². The third-order valence-corrected chi connectivity index (χ3v) is 6.96. The number of carbonyl (C=O) groups excluding carboxylic acids is 1. The first-order valence-electron chi connectivity index (χ1n) is 9.68. The number of ether oxygens (including phenoxy) is 2. The summed E-state index contributed by atoms with van der Waals surface area (Å²) in [4.78, 5) is 17.1. The minimum Gasteiger partial charge on any atom is -0.497 e. The van der Waals surface area contributed by atoms with Crippen molar-refractivity contribution in [2.45, 2.75) is 10.1 Å². The Balaban J connectivity index is 1.48. The molecule has 0 unspecified atom stereocenters. The summed E-state index contributed by atoms with van der Waals surface area (Å²) in [6.45, 7) is 0. The van der Waals surface area contributed by atoms with E-state index in [0.717, 1.165) is 38.2 Å². The van der Waals surface area contributed by atoms with E-state index in [4.69, 9.17) is 9.47 Å². The first kappa shape index (κ1) is 21.2. The predicted octanol–water partition coefficient (Wildman–Crippen LogP) is 6.50. The molecule has 3 aromatic carbocycles. The summed E-state index contributed by atoms with van der Waals surface area (Å²) in [5, 5.41) is 0. The Bertz CT molecular complexity index is 1200. The van der Waals surface area contributed by atoms with Crippen molar-refractivity contribution in [3.05, 3.63) is 89.5 Å². The number of methoxy groups -OCH3 is 2. The van der Waals surface area contributed by atoms with E-state index in [9.17, 15) is 4.79 Å². The number of rotatable bonds is 8. The molecule has 1 aromatic heterocycles. The normalized spacial score (nSPS) is 11.2. The Morgan fingerprint density at radius 1 is 1.03 bits per heavy atom. The monoisotopic (exact) mass is 447 g/mol. The van der Waals surface area contributed by atoms with Gasteiger partial charge in [-0.1, -0.05) is 36.0 Å². The number of nitrogens with zero attached hydrogens (tertiary/aromatic N) is 1. The topological polar surface area (TPSA) is 48.4 Å². The molecule has 0 aliphatic carbocycles. The number of ketones is 1. The lowest BCUT2D eigenvalue weighted by Gasteiger charge is -2.08. The predicted molar refractivity (Wildman–Crippen MR) is 129 cm³/mol. The summed E-state index contributed by atoms with van der Waals surface area (Å²) in [5.74, 6) is 2.24. The van der Waals surface area contributed by atoms with Gasteiger partial charge in [0.1, 0.15) is 11.5 Å². The number of fused-ring (bicyclic) bond motifs is 1. The number of aromatic nitrogens is 1. The van der Waals surface area contributed by atoms with Crippen molar-refractivity contribution >= 4 is 45.2 Å². The fraction of sp³-hybridized carbons (Fsp3) is 0.120. The third-order valence-electron chi connectivity index (χ3n) is 4.73. The average molecular weight is 448 g/mol. The van der Waals surface area contributed by atoms with E-state index in [-0.39, 0.29) is 5.78 Å². The van der Waals surface area contributed by atoms with Gasteiger partial charge in [-0.05, 0) is 60.2 Å². The smallest absolute Gasteiger partial charge is 0.185 e. The Morgan fingerprint density at radius 3 is 2.58 bits per heavy atom. The van der Waals surface area contributed by atoms with Crippen LogP contribution < -0.4 is 9.47 Å². The number of benzene rings is 3. The van der Waals surface area contributed by atoms with Gasteiger partial charge in [-0.2, -0.15) is 0 Å². The Morgan fingerprint density at radius 2 is 1.84 bits per heavy atom. The van der Waals surface area contributed by atoms with E-state index < -0.39 is 0 Å². The summed E-state index contributed by atoms with van der Waals surface area (Å²) >= 11 is 3.38. The summed E-state index contributed by atoms with van der Waals surface area (Å²) in [7, 11) is 3.27. The molecule has 0 saturated heterocycles. The van der Waals surface area contributed by atoms with Crippen LogP contribution in [0.3, 0.4) is 0 Å². The molecule has 6 heteroatoms. The molecule has 1 heterocycles. The summed E-state index contributed by atoms with van der Waals surface area (Å²) in [5.41, 5.74) is 3.65. The first-order valence-corrected chi connectivity index (χ1v) is 11.5. The molecule has 4 aromatic rings. The standard InChI is InChI=1S/C25H21NO3S2/c1-28-20-11-9-18(10-12-20)22(27)13-7-17-8-14-23(29-2)19(15-17)16-30-25-26-21-5-3-4-6-24(21)31-25/h3-15H,16H2,1-2H3. The molecule has 0 spiro atoms. The number of carbonyl (C=O) groups is 1. The van der Waals surface area contributed by atoms with E-state index in [2.05, 4.69) is 17.1 Å². The molecule has 0 aliphatic rings. The van der Waals surface area contributed by atoms with Crippen LogP contribution >= 0.6 is 23.1 Å². The lowest BCUT2D eigenvalue weighted by molar-refractivity contribution is 0.104. The number of hydrogen-bond donors (Lipinski definition) is 0. The van der Waals surface area contributed by atoms with Crippen molar-refractivity contribution in [2.75, 3.05) is 14.2 Å². The van der Waals surface area contributed by atoms with Crippen LogP contribution in [-0.2, 0) is 5.75 Å². The van der Waals surface area contributed by atoms with Gasteiger partial charge in [0.25, 0.3) is 0 Å². The summed E-state index contributed by atoms with van der Waals surface area (Å²) in [6, 6.07) is 21.2. The van der Waals surface area contributed by atoms with Crippen molar-refractivity contribution in [2.24, 2.45) is 0 Å². The average Bonchev–Trinajstić information content (AvgIpc) is 3.24. The van der Waals surface area contributed by atoms with Gasteiger partial charge in [0, 0.05) is 16.9 Å². The number of thiazole rings is 1. The van der Waals surface area contributed by atoms with Crippen LogP contribution in [0, 0.1) is 0 Å². The highest BCUT2D eigenvalue weighted by atomic mass is 32.2. The summed E-state index contributed by atoms with van der Waals surface area (Å²) < 4.78 is 12.9. The highest BCUT2D eigenvalue weighted by Crippen LogP contribution is 2.34. The van der Waals surface area contributed by atoms with Crippen molar-refractivity contribution in [1.29, 1.82) is 0 Å². The fourth-order valence-electron chi connectivity index (χ4n) is 3.09. The van der Waals surface area contributed by atoms with Crippen molar-refractivity contribution < 1.29 is 14.3 Å². The molecule has 31 heavy (non-hydrogen) atoms. The van der Waals surface area contributed by atoms with Crippen LogP contribution in [0.1, 0.15) is 21.5 Å².